The third kappa shape index (κ3) is 3.14. The van der Waals surface area contributed by atoms with E-state index in [1.807, 2.05) is 43.3 Å². The number of thioether (sulfide) groups is 1. The monoisotopic (exact) mass is 372 g/mol. The van der Waals surface area contributed by atoms with Crippen LogP contribution in [-0.4, -0.2) is 47.5 Å². The summed E-state index contributed by atoms with van der Waals surface area (Å²) in [6.45, 7) is 3.59. The van der Waals surface area contributed by atoms with E-state index in [4.69, 9.17) is 9.47 Å². The minimum atomic E-state index is -0.565. The average molecular weight is 372 g/mol. The predicted molar refractivity (Wildman–Crippen MR) is 102 cm³/mol. The second-order valence-corrected chi connectivity index (χ2v) is 7.21. The number of hydrogen-bond donors (Lipinski definition) is 0. The molecule has 0 aromatic heterocycles. The van der Waals surface area contributed by atoms with Crippen molar-refractivity contribution in [2.24, 2.45) is 4.99 Å². The minimum Gasteiger partial charge on any atom is -0.496 e. The number of carbonyl (C=O) groups excluding carboxylic acids is 2. The van der Waals surface area contributed by atoms with Gasteiger partial charge in [-0.25, -0.2) is 9.79 Å². The van der Waals surface area contributed by atoms with E-state index in [9.17, 15) is 9.59 Å². The molecule has 26 heavy (non-hydrogen) atoms. The van der Waals surface area contributed by atoms with E-state index in [-0.39, 0.29) is 11.2 Å². The lowest BCUT2D eigenvalue weighted by molar-refractivity contribution is -0.137. The third-order valence-corrected chi connectivity index (χ3v) is 5.36. The molecule has 3 rings (SSSR count). The van der Waals surface area contributed by atoms with Gasteiger partial charge in [-0.05, 0) is 19.9 Å². The molecule has 136 valence electrons. The summed E-state index contributed by atoms with van der Waals surface area (Å²) in [5.41, 5.74) is 1.78. The molecule has 7 heteroatoms. The third-order valence-electron chi connectivity index (χ3n) is 4.30. The molecule has 2 aliphatic heterocycles. The van der Waals surface area contributed by atoms with Crippen LogP contribution in [0, 0.1) is 0 Å². The Morgan fingerprint density at radius 2 is 2.04 bits per heavy atom. The van der Waals surface area contributed by atoms with Crippen molar-refractivity contribution in [2.45, 2.75) is 25.1 Å². The van der Waals surface area contributed by atoms with E-state index < -0.39 is 12.0 Å². The molecular formula is C19H20N2O4S. The molecule has 1 aromatic carbocycles. The van der Waals surface area contributed by atoms with Crippen LogP contribution in [0.25, 0.3) is 6.08 Å². The molecule has 1 saturated heterocycles. The lowest BCUT2D eigenvalue weighted by Gasteiger charge is -2.30. The number of aliphatic imine (C=N–C) groups is 1. The van der Waals surface area contributed by atoms with Gasteiger partial charge in [0.2, 0.25) is 5.91 Å². The molecule has 2 aliphatic rings. The quantitative estimate of drug-likeness (QED) is 0.760. The summed E-state index contributed by atoms with van der Waals surface area (Å²) in [7, 11) is 2.93. The summed E-state index contributed by atoms with van der Waals surface area (Å²) >= 11 is 1.40. The van der Waals surface area contributed by atoms with Crippen LogP contribution in [0.2, 0.25) is 0 Å². The molecule has 0 spiro atoms. The minimum absolute atomic E-state index is 0.0719. The van der Waals surface area contributed by atoms with E-state index in [1.54, 1.807) is 18.9 Å². The van der Waals surface area contributed by atoms with Gasteiger partial charge in [0.15, 0.2) is 5.17 Å². The van der Waals surface area contributed by atoms with Crippen molar-refractivity contribution in [2.75, 3.05) is 14.2 Å². The number of rotatable bonds is 4. The number of fused-ring (bicyclic) bond motifs is 1. The maximum Gasteiger partial charge on any atom is 0.338 e. The van der Waals surface area contributed by atoms with Gasteiger partial charge in [0.25, 0.3) is 0 Å². The summed E-state index contributed by atoms with van der Waals surface area (Å²) in [5, 5.41) is 0.378. The smallest absolute Gasteiger partial charge is 0.338 e. The van der Waals surface area contributed by atoms with E-state index in [2.05, 4.69) is 4.99 Å². The number of hydrogen-bond acceptors (Lipinski definition) is 6. The van der Waals surface area contributed by atoms with Crippen LogP contribution in [-0.2, 0) is 14.3 Å². The average Bonchev–Trinajstić information content (AvgIpc) is 2.92. The molecule has 0 saturated carbocycles. The highest BCUT2D eigenvalue weighted by Crippen LogP contribution is 2.37. The highest BCUT2D eigenvalue weighted by atomic mass is 32.2. The first-order chi connectivity index (χ1) is 12.5. The first kappa shape index (κ1) is 18.3. The van der Waals surface area contributed by atoms with E-state index in [1.165, 1.54) is 18.9 Å². The second-order valence-electron chi connectivity index (χ2n) is 5.90. The molecule has 1 amide bonds. The Hall–Kier alpha value is -2.54. The van der Waals surface area contributed by atoms with Gasteiger partial charge in [0.1, 0.15) is 5.75 Å². The molecular weight excluding hydrogens is 352 g/mol. The van der Waals surface area contributed by atoms with Gasteiger partial charge in [-0.3, -0.25) is 9.69 Å². The second kappa shape index (κ2) is 7.37. The highest BCUT2D eigenvalue weighted by Gasteiger charge is 2.44. The van der Waals surface area contributed by atoms with Crippen molar-refractivity contribution in [3.8, 4) is 5.75 Å². The predicted octanol–water partition coefficient (Wildman–Crippen LogP) is 2.86. The fourth-order valence-electron chi connectivity index (χ4n) is 3.00. The van der Waals surface area contributed by atoms with Gasteiger partial charge < -0.3 is 9.47 Å². The van der Waals surface area contributed by atoms with Gasteiger partial charge >= 0.3 is 5.97 Å². The molecule has 0 unspecified atom stereocenters. The number of esters is 1. The molecule has 0 radical (unpaired) electrons. The van der Waals surface area contributed by atoms with Gasteiger partial charge in [0, 0.05) is 5.56 Å². The number of nitrogens with zero attached hydrogens (tertiary/aromatic N) is 2. The van der Waals surface area contributed by atoms with Gasteiger partial charge in [-0.1, -0.05) is 42.1 Å². The molecule has 0 aliphatic carbocycles. The Balaban J connectivity index is 2.05. The van der Waals surface area contributed by atoms with Crippen LogP contribution in [0.5, 0.6) is 5.75 Å². The van der Waals surface area contributed by atoms with Gasteiger partial charge in [-0.2, -0.15) is 0 Å². The molecule has 2 atom stereocenters. The maximum absolute atomic E-state index is 12.6. The van der Waals surface area contributed by atoms with E-state index in [0.29, 0.717) is 22.2 Å². The molecule has 1 aromatic rings. The molecule has 6 nitrogen and oxygen atoms in total. The SMILES string of the molecule is COC(=O)C1=C(C)N=C2S[C@@H](C)C(=O)N2[C@@H]1/C=C/c1ccccc1OC. The fraction of sp³-hybridized carbons (Fsp3) is 0.316. The number of methoxy groups -OCH3 is 2. The lowest BCUT2D eigenvalue weighted by atomic mass is 10.00. The lowest BCUT2D eigenvalue weighted by Crippen LogP contribution is -2.44. The van der Waals surface area contributed by atoms with Crippen molar-refractivity contribution in [1.82, 2.24) is 4.90 Å². The first-order valence-electron chi connectivity index (χ1n) is 8.16. The zero-order valence-corrected chi connectivity index (χ0v) is 15.9. The zero-order chi connectivity index (χ0) is 18.8. The number of amides is 1. The summed E-state index contributed by atoms with van der Waals surface area (Å²) in [6.07, 6.45) is 3.67. The Morgan fingerprint density at radius 3 is 2.73 bits per heavy atom. The normalized spacial score (nSPS) is 22.5. The zero-order valence-electron chi connectivity index (χ0n) is 15.1. The Kier molecular flexibility index (Phi) is 5.18. The van der Waals surface area contributed by atoms with Gasteiger partial charge in [0.05, 0.1) is 36.8 Å². The Bertz CT molecular complexity index is 844. The summed E-state index contributed by atoms with van der Waals surface area (Å²) < 4.78 is 10.3. The highest BCUT2D eigenvalue weighted by molar-refractivity contribution is 8.15. The van der Waals surface area contributed by atoms with Crippen LogP contribution in [0.4, 0.5) is 0 Å². The number of allylic oxidation sites excluding steroid dienone is 1. The van der Waals surface area contributed by atoms with Crippen molar-refractivity contribution < 1.29 is 19.1 Å². The van der Waals surface area contributed by atoms with Crippen molar-refractivity contribution in [3.05, 3.63) is 47.2 Å². The maximum atomic E-state index is 12.6. The number of benzene rings is 1. The van der Waals surface area contributed by atoms with Crippen LogP contribution in [0.3, 0.4) is 0 Å². The Morgan fingerprint density at radius 1 is 1.31 bits per heavy atom. The summed E-state index contributed by atoms with van der Waals surface area (Å²) in [6, 6.07) is 6.98. The van der Waals surface area contributed by atoms with Crippen LogP contribution in [0.15, 0.2) is 46.6 Å². The first-order valence-corrected chi connectivity index (χ1v) is 9.04. The summed E-state index contributed by atoms with van der Waals surface area (Å²) in [4.78, 5) is 31.0. The number of carbonyl (C=O) groups is 2. The number of amidine groups is 1. The molecule has 2 heterocycles. The van der Waals surface area contributed by atoms with Crippen LogP contribution in [0.1, 0.15) is 19.4 Å². The fourth-order valence-corrected chi connectivity index (χ4v) is 4.04. The largest absolute Gasteiger partial charge is 0.496 e. The molecule has 1 fully saturated rings. The van der Waals surface area contributed by atoms with Gasteiger partial charge in [-0.15, -0.1) is 0 Å². The summed E-state index contributed by atoms with van der Waals surface area (Å²) in [5.74, 6) is 0.152. The van der Waals surface area contributed by atoms with Crippen molar-refractivity contribution >= 4 is 34.9 Å². The van der Waals surface area contributed by atoms with E-state index in [0.717, 1.165) is 5.56 Å². The van der Waals surface area contributed by atoms with Crippen LogP contribution < -0.4 is 4.74 Å². The Labute approximate surface area is 156 Å². The molecule has 0 bridgehead atoms. The standard InChI is InChI=1S/C19H20N2O4S/c1-11-16(18(23)25-4)14(21-17(22)12(2)26-19(21)20-11)10-9-13-7-5-6-8-15(13)24-3/h5-10,12,14H,1-4H3/b10-9+/t12-,14+/m0/s1. The van der Waals surface area contributed by atoms with Crippen molar-refractivity contribution in [3.63, 3.8) is 0 Å². The number of para-hydroxylation sites is 1. The number of ether oxygens (including phenoxy) is 2. The van der Waals surface area contributed by atoms with Crippen molar-refractivity contribution in [1.29, 1.82) is 0 Å². The molecule has 0 N–H and O–H groups in total. The van der Waals surface area contributed by atoms with Crippen LogP contribution >= 0.6 is 11.8 Å². The topological polar surface area (TPSA) is 68.2 Å². The van der Waals surface area contributed by atoms with E-state index >= 15 is 0 Å².